The largest absolute Gasteiger partial charge is 0.456 e. The normalized spacial score (nSPS) is 16.1. The monoisotopic (exact) mass is 289 g/mol. The Balaban J connectivity index is 1.73. The molecule has 0 bridgehead atoms. The number of furan rings is 1. The summed E-state index contributed by atoms with van der Waals surface area (Å²) in [6.07, 6.45) is 2.05. The standard InChI is InChI=1S/C14H19N5O2/c1-9-3-4-11(21-9)13(20)17-14-16-12(18-19(14)2)10-5-7-15-8-6-10/h3-4,10,15H,5-8H2,1-2H3,(H,16,17,18,20). The van der Waals surface area contributed by atoms with Gasteiger partial charge in [-0.25, -0.2) is 4.68 Å². The van der Waals surface area contributed by atoms with E-state index in [1.54, 1.807) is 30.8 Å². The smallest absolute Gasteiger partial charge is 0.293 e. The maximum Gasteiger partial charge on any atom is 0.293 e. The van der Waals surface area contributed by atoms with Crippen LogP contribution in [0.4, 0.5) is 5.95 Å². The second kappa shape index (κ2) is 5.69. The van der Waals surface area contributed by atoms with Gasteiger partial charge in [-0.1, -0.05) is 0 Å². The number of hydrogen-bond donors (Lipinski definition) is 2. The Bertz CT molecular complexity index is 640. The predicted octanol–water partition coefficient (Wildman–Crippen LogP) is 1.44. The topological polar surface area (TPSA) is 85.0 Å². The van der Waals surface area contributed by atoms with E-state index >= 15 is 0 Å². The van der Waals surface area contributed by atoms with E-state index in [1.165, 1.54) is 0 Å². The Morgan fingerprint density at radius 3 is 2.86 bits per heavy atom. The van der Waals surface area contributed by atoms with Gasteiger partial charge in [0.2, 0.25) is 5.95 Å². The van der Waals surface area contributed by atoms with Gasteiger partial charge in [0.25, 0.3) is 5.91 Å². The SMILES string of the molecule is Cc1ccc(C(=O)Nc2nc(C3CCNCC3)nn2C)o1. The lowest BCUT2D eigenvalue weighted by Crippen LogP contribution is -2.27. The van der Waals surface area contributed by atoms with Gasteiger partial charge in [0.05, 0.1) is 0 Å². The molecule has 21 heavy (non-hydrogen) atoms. The molecule has 1 aliphatic heterocycles. The molecule has 0 atom stereocenters. The third-order valence-corrected chi connectivity index (χ3v) is 3.67. The summed E-state index contributed by atoms with van der Waals surface area (Å²) in [6, 6.07) is 3.40. The summed E-state index contributed by atoms with van der Waals surface area (Å²) in [5, 5.41) is 10.5. The molecule has 0 unspecified atom stereocenters. The molecule has 2 N–H and O–H groups in total. The number of piperidine rings is 1. The molecule has 0 radical (unpaired) electrons. The van der Waals surface area contributed by atoms with E-state index in [1.807, 2.05) is 0 Å². The van der Waals surface area contributed by atoms with Gasteiger partial charge in [-0.3, -0.25) is 10.1 Å². The van der Waals surface area contributed by atoms with Crippen LogP contribution >= 0.6 is 0 Å². The van der Waals surface area contributed by atoms with Gasteiger partial charge in [0, 0.05) is 13.0 Å². The molecular formula is C14H19N5O2. The van der Waals surface area contributed by atoms with Crippen LogP contribution < -0.4 is 10.6 Å². The van der Waals surface area contributed by atoms with Crippen LogP contribution in [0.3, 0.4) is 0 Å². The van der Waals surface area contributed by atoms with Crippen molar-refractivity contribution in [2.24, 2.45) is 7.05 Å². The Labute approximate surface area is 122 Å². The maximum atomic E-state index is 12.1. The molecule has 7 nitrogen and oxygen atoms in total. The number of aryl methyl sites for hydroxylation is 2. The average molecular weight is 289 g/mol. The number of anilines is 1. The number of nitrogens with zero attached hydrogens (tertiary/aromatic N) is 3. The Morgan fingerprint density at radius 2 is 2.19 bits per heavy atom. The lowest BCUT2D eigenvalue weighted by atomic mass is 9.98. The van der Waals surface area contributed by atoms with Crippen molar-refractivity contribution in [1.82, 2.24) is 20.1 Å². The van der Waals surface area contributed by atoms with E-state index in [9.17, 15) is 4.79 Å². The van der Waals surface area contributed by atoms with Crippen LogP contribution in [0.25, 0.3) is 0 Å². The fourth-order valence-electron chi connectivity index (χ4n) is 2.49. The second-order valence-electron chi connectivity index (χ2n) is 5.31. The van der Waals surface area contributed by atoms with Crippen molar-refractivity contribution in [3.63, 3.8) is 0 Å². The fraction of sp³-hybridized carbons (Fsp3) is 0.500. The van der Waals surface area contributed by atoms with Crippen LogP contribution in [0, 0.1) is 6.92 Å². The van der Waals surface area contributed by atoms with Crippen molar-refractivity contribution in [1.29, 1.82) is 0 Å². The van der Waals surface area contributed by atoms with E-state index in [0.29, 0.717) is 17.6 Å². The number of hydrogen-bond acceptors (Lipinski definition) is 5. The molecule has 7 heteroatoms. The number of carbonyl (C=O) groups excluding carboxylic acids is 1. The molecular weight excluding hydrogens is 270 g/mol. The number of nitrogens with one attached hydrogen (secondary N) is 2. The molecule has 1 aliphatic rings. The number of carbonyl (C=O) groups is 1. The first kappa shape index (κ1) is 13.8. The summed E-state index contributed by atoms with van der Waals surface area (Å²) in [7, 11) is 1.78. The first-order valence-corrected chi connectivity index (χ1v) is 7.13. The van der Waals surface area contributed by atoms with Crippen molar-refractivity contribution in [3.05, 3.63) is 29.5 Å². The number of aromatic nitrogens is 3. The van der Waals surface area contributed by atoms with Crippen LogP contribution in [-0.2, 0) is 7.05 Å². The summed E-state index contributed by atoms with van der Waals surface area (Å²) in [4.78, 5) is 16.5. The molecule has 3 heterocycles. The third kappa shape index (κ3) is 2.97. The number of amides is 1. The van der Waals surface area contributed by atoms with Gasteiger partial charge >= 0.3 is 0 Å². The van der Waals surface area contributed by atoms with Crippen LogP contribution in [0.5, 0.6) is 0 Å². The van der Waals surface area contributed by atoms with Gasteiger partial charge in [-0.05, 0) is 45.0 Å². The lowest BCUT2D eigenvalue weighted by molar-refractivity contribution is 0.0994. The quantitative estimate of drug-likeness (QED) is 0.893. The summed E-state index contributed by atoms with van der Waals surface area (Å²) in [5.74, 6) is 2.27. The lowest BCUT2D eigenvalue weighted by Gasteiger charge is -2.19. The van der Waals surface area contributed by atoms with Crippen LogP contribution in [0.2, 0.25) is 0 Å². The number of rotatable bonds is 3. The van der Waals surface area contributed by atoms with Crippen LogP contribution in [-0.4, -0.2) is 33.8 Å². The predicted molar refractivity (Wildman–Crippen MR) is 77.2 cm³/mol. The summed E-state index contributed by atoms with van der Waals surface area (Å²) in [6.45, 7) is 3.76. The van der Waals surface area contributed by atoms with Crippen molar-refractivity contribution < 1.29 is 9.21 Å². The summed E-state index contributed by atoms with van der Waals surface area (Å²) in [5.41, 5.74) is 0. The average Bonchev–Trinajstić information content (AvgIpc) is 3.07. The zero-order valence-electron chi connectivity index (χ0n) is 12.2. The summed E-state index contributed by atoms with van der Waals surface area (Å²) < 4.78 is 6.90. The van der Waals surface area contributed by atoms with Crippen molar-refractivity contribution >= 4 is 11.9 Å². The van der Waals surface area contributed by atoms with Crippen molar-refractivity contribution in [2.75, 3.05) is 18.4 Å². The van der Waals surface area contributed by atoms with Gasteiger partial charge in [0.15, 0.2) is 11.6 Å². The Morgan fingerprint density at radius 1 is 1.43 bits per heavy atom. The highest BCUT2D eigenvalue weighted by Gasteiger charge is 2.22. The minimum atomic E-state index is -0.310. The molecule has 1 amide bonds. The highest BCUT2D eigenvalue weighted by Crippen LogP contribution is 2.23. The fourth-order valence-corrected chi connectivity index (χ4v) is 2.49. The van der Waals surface area contributed by atoms with Crippen molar-refractivity contribution in [3.8, 4) is 0 Å². The Hall–Kier alpha value is -2.15. The van der Waals surface area contributed by atoms with E-state index < -0.39 is 0 Å². The minimum absolute atomic E-state index is 0.277. The van der Waals surface area contributed by atoms with Gasteiger partial charge in [-0.15, -0.1) is 0 Å². The molecule has 0 aromatic carbocycles. The maximum absolute atomic E-state index is 12.1. The van der Waals surface area contributed by atoms with Gasteiger partial charge < -0.3 is 9.73 Å². The van der Waals surface area contributed by atoms with Crippen LogP contribution in [0.1, 0.15) is 40.9 Å². The van der Waals surface area contributed by atoms with E-state index in [2.05, 4.69) is 20.7 Å². The molecule has 0 aliphatic carbocycles. The zero-order valence-corrected chi connectivity index (χ0v) is 12.2. The van der Waals surface area contributed by atoms with E-state index in [0.717, 1.165) is 31.8 Å². The van der Waals surface area contributed by atoms with E-state index in [-0.39, 0.29) is 11.7 Å². The molecule has 1 fully saturated rings. The molecule has 112 valence electrons. The Kier molecular flexibility index (Phi) is 3.74. The first-order valence-electron chi connectivity index (χ1n) is 7.13. The van der Waals surface area contributed by atoms with Gasteiger partial charge in [0.1, 0.15) is 5.76 Å². The van der Waals surface area contributed by atoms with E-state index in [4.69, 9.17) is 4.42 Å². The third-order valence-electron chi connectivity index (χ3n) is 3.67. The van der Waals surface area contributed by atoms with Crippen molar-refractivity contribution in [2.45, 2.75) is 25.7 Å². The molecule has 2 aromatic heterocycles. The second-order valence-corrected chi connectivity index (χ2v) is 5.31. The van der Waals surface area contributed by atoms with Crippen LogP contribution in [0.15, 0.2) is 16.5 Å². The summed E-state index contributed by atoms with van der Waals surface area (Å²) >= 11 is 0. The molecule has 2 aromatic rings. The molecule has 1 saturated heterocycles. The minimum Gasteiger partial charge on any atom is -0.456 e. The molecule has 0 saturated carbocycles. The highest BCUT2D eigenvalue weighted by atomic mass is 16.3. The molecule has 3 rings (SSSR count). The molecule has 0 spiro atoms. The van der Waals surface area contributed by atoms with Gasteiger partial charge in [-0.2, -0.15) is 10.1 Å². The zero-order chi connectivity index (χ0) is 14.8. The highest BCUT2D eigenvalue weighted by molar-refractivity contribution is 6.01. The first-order chi connectivity index (χ1) is 10.1.